The number of ether oxygens (including phenoxy) is 1. The van der Waals surface area contributed by atoms with Crippen LogP contribution in [-0.2, 0) is 6.61 Å². The molecule has 1 N–H and O–H groups in total. The fourth-order valence-electron chi connectivity index (χ4n) is 2.51. The summed E-state index contributed by atoms with van der Waals surface area (Å²) in [5.74, 6) is 0.256. The van der Waals surface area contributed by atoms with Gasteiger partial charge in [0, 0.05) is 17.8 Å². The Bertz CT molecular complexity index is 629. The summed E-state index contributed by atoms with van der Waals surface area (Å²) in [5.41, 5.74) is 2.05. The van der Waals surface area contributed by atoms with E-state index in [2.05, 4.69) is 10.3 Å². The summed E-state index contributed by atoms with van der Waals surface area (Å²) in [4.78, 5) is 4.28. The number of nitrogens with one attached hydrogen (secondary N) is 1. The third-order valence-corrected chi connectivity index (χ3v) is 3.88. The van der Waals surface area contributed by atoms with E-state index in [-0.39, 0.29) is 12.4 Å². The van der Waals surface area contributed by atoms with Crippen LogP contribution in [0.25, 0.3) is 0 Å². The van der Waals surface area contributed by atoms with Crippen LogP contribution in [-0.4, -0.2) is 18.1 Å². The van der Waals surface area contributed by atoms with Gasteiger partial charge < -0.3 is 10.1 Å². The highest BCUT2D eigenvalue weighted by Gasteiger charge is 2.17. The van der Waals surface area contributed by atoms with Crippen molar-refractivity contribution < 1.29 is 9.13 Å². The summed E-state index contributed by atoms with van der Waals surface area (Å²) < 4.78 is 19.1. The van der Waals surface area contributed by atoms with Crippen molar-refractivity contribution in [3.63, 3.8) is 0 Å². The van der Waals surface area contributed by atoms with Crippen LogP contribution in [0.3, 0.4) is 0 Å². The van der Waals surface area contributed by atoms with E-state index in [1.165, 1.54) is 17.7 Å². The molecule has 1 aromatic carbocycles. The van der Waals surface area contributed by atoms with Gasteiger partial charge in [-0.25, -0.2) is 4.39 Å². The Hall–Kier alpha value is -1.65. The van der Waals surface area contributed by atoms with Crippen molar-refractivity contribution in [2.24, 2.45) is 0 Å². The van der Waals surface area contributed by atoms with Gasteiger partial charge in [-0.1, -0.05) is 11.6 Å². The van der Waals surface area contributed by atoms with E-state index in [1.54, 1.807) is 12.3 Å². The number of aromatic nitrogens is 1. The van der Waals surface area contributed by atoms with E-state index < -0.39 is 5.82 Å². The molecule has 0 aliphatic carbocycles. The molecule has 1 aliphatic rings. The second-order valence-electron chi connectivity index (χ2n) is 5.13. The molecular weight excluding hydrogens is 291 g/mol. The Labute approximate surface area is 128 Å². The van der Waals surface area contributed by atoms with Gasteiger partial charge in [0.05, 0.1) is 5.69 Å². The first-order valence-corrected chi connectivity index (χ1v) is 7.33. The number of benzene rings is 1. The lowest BCUT2D eigenvalue weighted by molar-refractivity contribution is 0.286. The van der Waals surface area contributed by atoms with Gasteiger partial charge in [-0.3, -0.25) is 4.98 Å². The largest absolute Gasteiger partial charge is 0.484 e. The highest BCUT2D eigenvalue weighted by molar-refractivity contribution is 6.30. The van der Waals surface area contributed by atoms with Crippen LogP contribution in [0.2, 0.25) is 5.02 Å². The number of rotatable bonds is 4. The Morgan fingerprint density at radius 1 is 1.33 bits per heavy atom. The van der Waals surface area contributed by atoms with E-state index in [0.717, 1.165) is 25.2 Å². The highest BCUT2D eigenvalue weighted by Crippen LogP contribution is 2.24. The molecule has 3 nitrogen and oxygen atoms in total. The summed E-state index contributed by atoms with van der Waals surface area (Å²) in [6.07, 6.45) is 2.92. The molecule has 1 aromatic heterocycles. The molecule has 1 atom stereocenters. The Kier molecular flexibility index (Phi) is 4.36. The molecule has 1 aliphatic heterocycles. The van der Waals surface area contributed by atoms with E-state index in [9.17, 15) is 4.39 Å². The van der Waals surface area contributed by atoms with Crippen molar-refractivity contribution in [1.29, 1.82) is 0 Å². The first-order chi connectivity index (χ1) is 10.2. The van der Waals surface area contributed by atoms with Crippen LogP contribution in [0.15, 0.2) is 36.5 Å². The number of nitrogens with zero attached hydrogens (tertiary/aromatic N) is 1. The minimum atomic E-state index is -0.460. The number of hydrogen-bond donors (Lipinski definition) is 1. The quantitative estimate of drug-likeness (QED) is 0.938. The maximum Gasteiger partial charge on any atom is 0.166 e. The van der Waals surface area contributed by atoms with E-state index in [0.29, 0.717) is 10.9 Å². The molecule has 2 aromatic rings. The average Bonchev–Trinajstić information content (AvgIpc) is 3.01. The minimum Gasteiger partial charge on any atom is -0.484 e. The van der Waals surface area contributed by atoms with E-state index in [1.807, 2.05) is 12.1 Å². The third kappa shape index (κ3) is 3.52. The summed E-state index contributed by atoms with van der Waals surface area (Å²) in [7, 11) is 0. The zero-order chi connectivity index (χ0) is 14.7. The van der Waals surface area contributed by atoms with Gasteiger partial charge in [0.25, 0.3) is 0 Å². The predicted molar refractivity (Wildman–Crippen MR) is 80.2 cm³/mol. The Morgan fingerprint density at radius 3 is 3.00 bits per heavy atom. The highest BCUT2D eigenvalue weighted by atomic mass is 35.5. The average molecular weight is 307 g/mol. The summed E-state index contributed by atoms with van der Waals surface area (Å²) in [6.45, 7) is 2.29. The lowest BCUT2D eigenvalue weighted by Crippen LogP contribution is -2.08. The molecule has 2 heterocycles. The summed E-state index contributed by atoms with van der Waals surface area (Å²) in [6, 6.07) is 8.44. The molecule has 0 spiro atoms. The van der Waals surface area contributed by atoms with Crippen LogP contribution in [0.4, 0.5) is 4.39 Å². The number of halogens is 2. The second kappa shape index (κ2) is 6.41. The van der Waals surface area contributed by atoms with Gasteiger partial charge in [-0.2, -0.15) is 0 Å². The zero-order valence-corrected chi connectivity index (χ0v) is 12.2. The molecule has 1 saturated heterocycles. The summed E-state index contributed by atoms with van der Waals surface area (Å²) in [5, 5.41) is 3.70. The van der Waals surface area contributed by atoms with Crippen LogP contribution >= 0.6 is 11.6 Å². The summed E-state index contributed by atoms with van der Waals surface area (Å²) >= 11 is 5.71. The lowest BCUT2D eigenvalue weighted by atomic mass is 9.99. The maximum atomic E-state index is 13.6. The number of hydrogen-bond acceptors (Lipinski definition) is 3. The van der Waals surface area contributed by atoms with Gasteiger partial charge in [0.1, 0.15) is 6.61 Å². The normalized spacial score (nSPS) is 17.9. The van der Waals surface area contributed by atoms with Gasteiger partial charge in [0.15, 0.2) is 11.6 Å². The van der Waals surface area contributed by atoms with Crippen molar-refractivity contribution in [3.8, 4) is 5.75 Å². The fraction of sp³-hybridized carbons (Fsp3) is 0.312. The van der Waals surface area contributed by atoms with E-state index in [4.69, 9.17) is 16.3 Å². The number of pyridine rings is 1. The smallest absolute Gasteiger partial charge is 0.166 e. The van der Waals surface area contributed by atoms with Crippen LogP contribution in [0.1, 0.15) is 23.6 Å². The van der Waals surface area contributed by atoms with E-state index >= 15 is 0 Å². The van der Waals surface area contributed by atoms with Crippen molar-refractivity contribution in [2.45, 2.75) is 18.9 Å². The van der Waals surface area contributed by atoms with Gasteiger partial charge in [-0.15, -0.1) is 0 Å². The molecule has 0 radical (unpaired) electrons. The first-order valence-electron chi connectivity index (χ1n) is 6.96. The molecule has 0 amide bonds. The first kappa shape index (κ1) is 14.3. The van der Waals surface area contributed by atoms with Gasteiger partial charge in [0.2, 0.25) is 0 Å². The SMILES string of the molecule is Fc1cc(Cl)ccc1OCc1cc([C@H]2CCNC2)ccn1. The van der Waals surface area contributed by atoms with Crippen LogP contribution in [0, 0.1) is 5.82 Å². The van der Waals surface area contributed by atoms with Crippen molar-refractivity contribution in [3.05, 3.63) is 58.6 Å². The second-order valence-corrected chi connectivity index (χ2v) is 5.57. The molecule has 0 saturated carbocycles. The molecule has 5 heteroatoms. The van der Waals surface area contributed by atoms with Crippen LogP contribution < -0.4 is 10.1 Å². The molecule has 0 bridgehead atoms. The predicted octanol–water partition coefficient (Wildman–Crippen LogP) is 3.53. The maximum absolute atomic E-state index is 13.6. The zero-order valence-electron chi connectivity index (χ0n) is 11.5. The molecular formula is C16H16ClFN2O. The fourth-order valence-corrected chi connectivity index (χ4v) is 2.67. The molecule has 3 rings (SSSR count). The standard InChI is InChI=1S/C16H16ClFN2O/c17-13-1-2-16(15(18)8-13)21-10-14-7-11(4-6-20-14)12-3-5-19-9-12/h1-2,4,6-8,12,19H,3,5,9-10H2/t12-/m0/s1. The molecule has 0 unspecified atom stereocenters. The van der Waals surface area contributed by atoms with Crippen molar-refractivity contribution in [1.82, 2.24) is 10.3 Å². The Morgan fingerprint density at radius 2 is 2.24 bits per heavy atom. The molecule has 21 heavy (non-hydrogen) atoms. The molecule has 110 valence electrons. The van der Waals surface area contributed by atoms with Gasteiger partial charge in [-0.05, 0) is 54.8 Å². The van der Waals surface area contributed by atoms with Crippen LogP contribution in [0.5, 0.6) is 5.75 Å². The van der Waals surface area contributed by atoms with Crippen molar-refractivity contribution >= 4 is 11.6 Å². The van der Waals surface area contributed by atoms with Gasteiger partial charge >= 0.3 is 0 Å². The molecule has 1 fully saturated rings. The topological polar surface area (TPSA) is 34.1 Å². The lowest BCUT2D eigenvalue weighted by Gasteiger charge is -2.11. The third-order valence-electron chi connectivity index (χ3n) is 3.64. The van der Waals surface area contributed by atoms with Crippen molar-refractivity contribution in [2.75, 3.05) is 13.1 Å². The monoisotopic (exact) mass is 306 g/mol. The minimum absolute atomic E-state index is 0.189. The Balaban J connectivity index is 1.68.